The molecule has 0 spiro atoms. The first-order valence-electron chi connectivity index (χ1n) is 9.75. The molecule has 1 unspecified atom stereocenters. The summed E-state index contributed by atoms with van der Waals surface area (Å²) >= 11 is 0. The van der Waals surface area contributed by atoms with E-state index in [1.165, 1.54) is 0 Å². The van der Waals surface area contributed by atoms with Crippen LogP contribution in [0.25, 0.3) is 0 Å². The van der Waals surface area contributed by atoms with Gasteiger partial charge < -0.3 is 30.5 Å². The summed E-state index contributed by atoms with van der Waals surface area (Å²) in [6, 6.07) is 7.05. The number of amides is 1. The van der Waals surface area contributed by atoms with Crippen LogP contribution in [0.5, 0.6) is 5.75 Å². The summed E-state index contributed by atoms with van der Waals surface area (Å²) in [6.45, 7) is 5.84. The predicted molar refractivity (Wildman–Crippen MR) is 124 cm³/mol. The number of carbonyl (C=O) groups is 1. The molecule has 1 aliphatic rings. The molecule has 0 aromatic heterocycles. The molecular weight excluding hydrogens is 487 g/mol. The smallest absolute Gasteiger partial charge is 0.251 e. The van der Waals surface area contributed by atoms with E-state index in [4.69, 9.17) is 9.47 Å². The summed E-state index contributed by atoms with van der Waals surface area (Å²) in [5.74, 6) is 1.20. The molecule has 0 bridgehead atoms. The van der Waals surface area contributed by atoms with Crippen molar-refractivity contribution in [2.24, 2.45) is 10.4 Å². The number of aliphatic hydroxyl groups excluding tert-OH is 1. The quantitative estimate of drug-likeness (QED) is 0.161. The Bertz CT molecular complexity index is 651. The third-order valence-electron chi connectivity index (χ3n) is 4.78. The van der Waals surface area contributed by atoms with E-state index in [-0.39, 0.29) is 41.9 Å². The summed E-state index contributed by atoms with van der Waals surface area (Å²) in [5.41, 5.74) is 0.476. The first kappa shape index (κ1) is 25.4. The minimum atomic E-state index is -0.146. The zero-order chi connectivity index (χ0) is 20.2. The van der Waals surface area contributed by atoms with Crippen LogP contribution in [-0.2, 0) is 4.74 Å². The second-order valence-corrected chi connectivity index (χ2v) is 6.89. The van der Waals surface area contributed by atoms with Crippen LogP contribution in [0.15, 0.2) is 29.3 Å². The lowest BCUT2D eigenvalue weighted by atomic mass is 9.84. The minimum Gasteiger partial charge on any atom is -0.497 e. The number of carbonyl (C=O) groups excluding carboxylic acids is 1. The number of hydrogen-bond acceptors (Lipinski definition) is 5. The summed E-state index contributed by atoms with van der Waals surface area (Å²) in [7, 11) is 1.57. The van der Waals surface area contributed by atoms with Crippen molar-refractivity contribution in [3.63, 3.8) is 0 Å². The van der Waals surface area contributed by atoms with Crippen molar-refractivity contribution >= 4 is 35.8 Å². The average Bonchev–Trinajstić information content (AvgIpc) is 3.18. The molecule has 1 amide bonds. The zero-order valence-electron chi connectivity index (χ0n) is 17.2. The molecule has 1 heterocycles. The standard InChI is InChI=1S/C20H32N4O4.HI/c1-3-21-19(24-14-20(7-11-25)8-12-28-15-20)23-10-9-22-18(26)16-5-4-6-17(13-16)27-2;/h4-6,13,25H,3,7-12,14-15H2,1-2H3,(H,22,26)(H2,21,23,24);1H. The molecule has 1 saturated heterocycles. The van der Waals surface area contributed by atoms with Gasteiger partial charge in [0.1, 0.15) is 5.75 Å². The van der Waals surface area contributed by atoms with Gasteiger partial charge in [0.25, 0.3) is 5.91 Å². The Morgan fingerprint density at radius 3 is 2.76 bits per heavy atom. The van der Waals surface area contributed by atoms with E-state index in [1.807, 2.05) is 6.92 Å². The van der Waals surface area contributed by atoms with Crippen LogP contribution in [0.4, 0.5) is 0 Å². The van der Waals surface area contributed by atoms with Crippen molar-refractivity contribution < 1.29 is 19.4 Å². The molecule has 4 N–H and O–H groups in total. The van der Waals surface area contributed by atoms with Gasteiger partial charge in [-0.05, 0) is 38.0 Å². The summed E-state index contributed by atoms with van der Waals surface area (Å²) in [5, 5.41) is 18.6. The van der Waals surface area contributed by atoms with Gasteiger partial charge in [0, 0.05) is 43.8 Å². The predicted octanol–water partition coefficient (Wildman–Crippen LogP) is 1.39. The Labute approximate surface area is 189 Å². The molecule has 1 aromatic carbocycles. The number of methoxy groups -OCH3 is 1. The summed E-state index contributed by atoms with van der Waals surface area (Å²) in [6.07, 6.45) is 1.60. The topological polar surface area (TPSA) is 104 Å². The number of rotatable bonds is 10. The molecule has 1 fully saturated rings. The van der Waals surface area contributed by atoms with Crippen LogP contribution in [0.1, 0.15) is 30.1 Å². The number of benzene rings is 1. The number of halogens is 1. The van der Waals surface area contributed by atoms with Crippen LogP contribution in [-0.4, -0.2) is 70.1 Å². The zero-order valence-corrected chi connectivity index (χ0v) is 19.5. The molecule has 29 heavy (non-hydrogen) atoms. The normalized spacial score (nSPS) is 18.7. The van der Waals surface area contributed by atoms with Gasteiger partial charge >= 0.3 is 0 Å². The monoisotopic (exact) mass is 520 g/mol. The fourth-order valence-corrected chi connectivity index (χ4v) is 3.10. The lowest BCUT2D eigenvalue weighted by Gasteiger charge is -2.24. The Morgan fingerprint density at radius 1 is 1.31 bits per heavy atom. The number of aliphatic imine (C=N–C) groups is 1. The highest BCUT2D eigenvalue weighted by Crippen LogP contribution is 2.32. The first-order chi connectivity index (χ1) is 13.6. The maximum atomic E-state index is 12.2. The van der Waals surface area contributed by atoms with Gasteiger partial charge in [-0.1, -0.05) is 6.07 Å². The average molecular weight is 520 g/mol. The number of nitrogens with one attached hydrogen (secondary N) is 3. The van der Waals surface area contributed by atoms with Crippen LogP contribution in [0.3, 0.4) is 0 Å². The van der Waals surface area contributed by atoms with Gasteiger partial charge in [0.15, 0.2) is 5.96 Å². The highest BCUT2D eigenvalue weighted by atomic mass is 127. The van der Waals surface area contributed by atoms with Crippen LogP contribution < -0.4 is 20.7 Å². The van der Waals surface area contributed by atoms with Crippen molar-refractivity contribution in [1.29, 1.82) is 0 Å². The van der Waals surface area contributed by atoms with Gasteiger partial charge in [-0.3, -0.25) is 9.79 Å². The van der Waals surface area contributed by atoms with E-state index in [0.717, 1.165) is 19.6 Å². The van der Waals surface area contributed by atoms with E-state index >= 15 is 0 Å². The summed E-state index contributed by atoms with van der Waals surface area (Å²) in [4.78, 5) is 16.9. The van der Waals surface area contributed by atoms with E-state index in [1.54, 1.807) is 31.4 Å². The molecule has 8 nitrogen and oxygen atoms in total. The van der Waals surface area contributed by atoms with Crippen molar-refractivity contribution in [2.45, 2.75) is 19.8 Å². The highest BCUT2D eigenvalue weighted by Gasteiger charge is 2.34. The van der Waals surface area contributed by atoms with E-state index < -0.39 is 0 Å². The maximum absolute atomic E-state index is 12.2. The van der Waals surface area contributed by atoms with Gasteiger partial charge in [0.2, 0.25) is 0 Å². The molecule has 1 aliphatic heterocycles. The fourth-order valence-electron chi connectivity index (χ4n) is 3.10. The highest BCUT2D eigenvalue weighted by molar-refractivity contribution is 14.0. The largest absolute Gasteiger partial charge is 0.497 e. The molecule has 164 valence electrons. The van der Waals surface area contributed by atoms with Gasteiger partial charge in [-0.2, -0.15) is 0 Å². The van der Waals surface area contributed by atoms with E-state index in [9.17, 15) is 9.90 Å². The molecule has 0 saturated carbocycles. The number of ether oxygens (including phenoxy) is 2. The molecule has 0 radical (unpaired) electrons. The second-order valence-electron chi connectivity index (χ2n) is 6.89. The first-order valence-corrected chi connectivity index (χ1v) is 9.75. The molecule has 1 atom stereocenters. The number of guanidine groups is 1. The van der Waals surface area contributed by atoms with Gasteiger partial charge in [-0.25, -0.2) is 0 Å². The van der Waals surface area contributed by atoms with Crippen LogP contribution in [0, 0.1) is 5.41 Å². The molecule has 0 aliphatic carbocycles. The van der Waals surface area contributed by atoms with E-state index in [0.29, 0.717) is 49.9 Å². The fraction of sp³-hybridized carbons (Fsp3) is 0.600. The Balaban J connectivity index is 0.00000420. The van der Waals surface area contributed by atoms with Gasteiger partial charge in [0.05, 0.1) is 20.3 Å². The summed E-state index contributed by atoms with van der Waals surface area (Å²) < 4.78 is 10.7. The third-order valence-corrected chi connectivity index (χ3v) is 4.78. The van der Waals surface area contributed by atoms with E-state index in [2.05, 4.69) is 20.9 Å². The number of aliphatic hydroxyl groups is 1. The Hall–Kier alpha value is -1.59. The van der Waals surface area contributed by atoms with Crippen molar-refractivity contribution in [1.82, 2.24) is 16.0 Å². The Morgan fingerprint density at radius 2 is 2.10 bits per heavy atom. The molecule has 1 aromatic rings. The molecule has 2 rings (SSSR count). The lowest BCUT2D eigenvalue weighted by molar-refractivity contribution is 0.0954. The Kier molecular flexibility index (Phi) is 11.9. The second kappa shape index (κ2) is 13.6. The molecular formula is C20H33IN4O4. The van der Waals surface area contributed by atoms with Gasteiger partial charge in [-0.15, -0.1) is 24.0 Å². The van der Waals surface area contributed by atoms with Crippen molar-refractivity contribution in [2.75, 3.05) is 53.1 Å². The minimum absolute atomic E-state index is 0. The van der Waals surface area contributed by atoms with Crippen LogP contribution >= 0.6 is 24.0 Å². The van der Waals surface area contributed by atoms with Crippen molar-refractivity contribution in [3.05, 3.63) is 29.8 Å². The van der Waals surface area contributed by atoms with Crippen LogP contribution in [0.2, 0.25) is 0 Å². The lowest BCUT2D eigenvalue weighted by Crippen LogP contribution is -2.42. The number of hydrogen-bond donors (Lipinski definition) is 4. The maximum Gasteiger partial charge on any atom is 0.251 e. The number of nitrogens with zero attached hydrogens (tertiary/aromatic N) is 1. The third kappa shape index (κ3) is 8.35. The molecule has 9 heteroatoms. The SMILES string of the molecule is CCNC(=NCC1(CCO)CCOC1)NCCNC(=O)c1cccc(OC)c1.I. The van der Waals surface area contributed by atoms with Crippen molar-refractivity contribution in [3.8, 4) is 5.75 Å².